The summed E-state index contributed by atoms with van der Waals surface area (Å²) in [6.45, 7) is 2.44. The maximum absolute atomic E-state index is 13.1. The molecule has 0 atom stereocenters. The van der Waals surface area contributed by atoms with Gasteiger partial charge in [0.05, 0.1) is 22.2 Å². The maximum Gasteiger partial charge on any atom is 0.264 e. The minimum atomic E-state index is -0.339. The summed E-state index contributed by atoms with van der Waals surface area (Å²) in [5, 5.41) is 3.16. The van der Waals surface area contributed by atoms with Crippen molar-refractivity contribution in [3.05, 3.63) is 92.5 Å². The van der Waals surface area contributed by atoms with E-state index in [0.29, 0.717) is 38.3 Å². The number of carbonyl (C=O) groups is 1. The summed E-state index contributed by atoms with van der Waals surface area (Å²) < 4.78 is 25.3. The van der Waals surface area contributed by atoms with E-state index in [0.717, 1.165) is 11.1 Å². The van der Waals surface area contributed by atoms with E-state index in [4.69, 9.17) is 9.47 Å². The minimum Gasteiger partial charge on any atom is -0.493 e. The highest BCUT2D eigenvalue weighted by molar-refractivity contribution is 9.10. The van der Waals surface area contributed by atoms with Gasteiger partial charge >= 0.3 is 0 Å². The highest BCUT2D eigenvalue weighted by Gasteiger charge is 2.24. The van der Waals surface area contributed by atoms with E-state index in [1.165, 1.54) is 29.5 Å². The van der Waals surface area contributed by atoms with Gasteiger partial charge in [0.1, 0.15) is 12.4 Å². The average Bonchev–Trinajstić information content (AvgIpc) is 3.12. The number of amidine groups is 1. The number of hydrogen-bond acceptors (Lipinski definition) is 5. The van der Waals surface area contributed by atoms with Crippen molar-refractivity contribution in [3.63, 3.8) is 0 Å². The van der Waals surface area contributed by atoms with Crippen molar-refractivity contribution in [1.29, 1.82) is 0 Å². The highest BCUT2D eigenvalue weighted by Crippen LogP contribution is 2.39. The van der Waals surface area contributed by atoms with Crippen LogP contribution in [0.5, 0.6) is 11.5 Å². The molecule has 0 bridgehead atoms. The number of aliphatic imine (C=N–C) groups is 1. The van der Waals surface area contributed by atoms with Gasteiger partial charge in [-0.15, -0.1) is 0 Å². The van der Waals surface area contributed by atoms with Crippen LogP contribution in [0.2, 0.25) is 0 Å². The molecule has 0 spiro atoms. The second-order valence-electron chi connectivity index (χ2n) is 7.27. The summed E-state index contributed by atoms with van der Waals surface area (Å²) in [5.74, 6) is 0.542. The monoisotopic (exact) mass is 526 g/mol. The summed E-state index contributed by atoms with van der Waals surface area (Å²) >= 11 is 4.77. The van der Waals surface area contributed by atoms with Gasteiger partial charge in [-0.3, -0.25) is 4.79 Å². The van der Waals surface area contributed by atoms with Crippen LogP contribution >= 0.6 is 27.7 Å². The molecule has 0 radical (unpaired) electrons. The second-order valence-corrected chi connectivity index (χ2v) is 9.15. The number of benzene rings is 3. The van der Waals surface area contributed by atoms with Gasteiger partial charge in [0, 0.05) is 0 Å². The zero-order valence-electron chi connectivity index (χ0n) is 17.9. The summed E-state index contributed by atoms with van der Waals surface area (Å²) in [6.07, 6.45) is 1.75. The third kappa shape index (κ3) is 5.83. The minimum absolute atomic E-state index is 0.254. The molecule has 1 fully saturated rings. The Morgan fingerprint density at radius 3 is 2.67 bits per heavy atom. The normalized spacial score (nSPS) is 15.7. The Morgan fingerprint density at radius 2 is 1.94 bits per heavy atom. The molecule has 1 aliphatic rings. The average molecular weight is 527 g/mol. The Kier molecular flexibility index (Phi) is 7.15. The molecule has 33 heavy (non-hydrogen) atoms. The van der Waals surface area contributed by atoms with Crippen molar-refractivity contribution < 1.29 is 18.7 Å². The van der Waals surface area contributed by atoms with Crippen LogP contribution in [0.3, 0.4) is 0 Å². The molecule has 1 N–H and O–H groups in total. The van der Waals surface area contributed by atoms with E-state index >= 15 is 0 Å². The molecule has 0 aromatic heterocycles. The predicted molar refractivity (Wildman–Crippen MR) is 133 cm³/mol. The fourth-order valence-electron chi connectivity index (χ4n) is 3.19. The molecule has 1 saturated heterocycles. The lowest BCUT2D eigenvalue weighted by atomic mass is 10.1. The van der Waals surface area contributed by atoms with Crippen LogP contribution in [0.4, 0.5) is 10.1 Å². The number of aryl methyl sites for hydroxylation is 1. The van der Waals surface area contributed by atoms with E-state index < -0.39 is 0 Å². The molecule has 168 valence electrons. The zero-order chi connectivity index (χ0) is 23.4. The molecule has 8 heteroatoms. The smallest absolute Gasteiger partial charge is 0.264 e. The number of amides is 1. The van der Waals surface area contributed by atoms with Crippen molar-refractivity contribution >= 4 is 50.5 Å². The first-order valence-electron chi connectivity index (χ1n) is 10.0. The van der Waals surface area contributed by atoms with Gasteiger partial charge < -0.3 is 14.8 Å². The zero-order valence-corrected chi connectivity index (χ0v) is 20.3. The van der Waals surface area contributed by atoms with Crippen LogP contribution in [0.1, 0.15) is 16.7 Å². The number of hydrogen-bond donors (Lipinski definition) is 1. The number of halogens is 2. The van der Waals surface area contributed by atoms with Crippen molar-refractivity contribution in [3.8, 4) is 11.5 Å². The lowest BCUT2D eigenvalue weighted by Crippen LogP contribution is -2.19. The molecular formula is C25H20BrFN2O3S. The number of nitrogens with zero attached hydrogens (tertiary/aromatic N) is 1. The van der Waals surface area contributed by atoms with Crippen molar-refractivity contribution in [2.24, 2.45) is 4.99 Å². The van der Waals surface area contributed by atoms with Gasteiger partial charge in [-0.25, -0.2) is 9.38 Å². The molecule has 0 unspecified atom stereocenters. The quantitative estimate of drug-likeness (QED) is 0.378. The Bertz CT molecular complexity index is 1260. The van der Waals surface area contributed by atoms with Gasteiger partial charge in [-0.05, 0) is 88.2 Å². The first-order valence-corrected chi connectivity index (χ1v) is 11.6. The predicted octanol–water partition coefficient (Wildman–Crippen LogP) is 6.38. The lowest BCUT2D eigenvalue weighted by Gasteiger charge is -2.14. The van der Waals surface area contributed by atoms with Crippen LogP contribution in [0.15, 0.2) is 75.0 Å². The standard InChI is InChI=1S/C25H20BrFN2O3S/c1-15-4-3-5-16(10-15)14-32-23-20(26)11-17(12-21(23)31-2)13-22-24(30)29-25(33-22)28-19-8-6-18(27)7-9-19/h3-13H,14H2,1-2H3,(H,28,29,30)/b22-13+. The molecular weight excluding hydrogens is 507 g/mol. The molecule has 3 aromatic carbocycles. The van der Waals surface area contributed by atoms with Crippen LogP contribution in [-0.4, -0.2) is 18.2 Å². The van der Waals surface area contributed by atoms with E-state index in [-0.39, 0.29) is 11.7 Å². The van der Waals surface area contributed by atoms with Gasteiger partial charge in [0.25, 0.3) is 5.91 Å². The third-order valence-corrected chi connectivity index (χ3v) is 6.22. The van der Waals surface area contributed by atoms with Gasteiger partial charge in [0.2, 0.25) is 0 Å². The largest absolute Gasteiger partial charge is 0.493 e. The number of methoxy groups -OCH3 is 1. The Morgan fingerprint density at radius 1 is 1.15 bits per heavy atom. The Labute approximate surface area is 203 Å². The first-order chi connectivity index (χ1) is 15.9. The molecule has 1 amide bonds. The molecule has 1 aliphatic heterocycles. The second kappa shape index (κ2) is 10.2. The molecule has 0 aliphatic carbocycles. The number of ether oxygens (including phenoxy) is 2. The van der Waals surface area contributed by atoms with E-state index in [2.05, 4.69) is 32.3 Å². The first kappa shape index (κ1) is 23.1. The number of thioether (sulfide) groups is 1. The topological polar surface area (TPSA) is 59.9 Å². The number of rotatable bonds is 6. The SMILES string of the molecule is COc1cc(/C=C2/SC(=Nc3ccc(F)cc3)NC2=O)cc(Br)c1OCc1cccc(C)c1. The third-order valence-electron chi connectivity index (χ3n) is 4.72. The van der Waals surface area contributed by atoms with E-state index in [1.54, 1.807) is 25.3 Å². The number of nitrogens with one attached hydrogen (secondary N) is 1. The summed E-state index contributed by atoms with van der Waals surface area (Å²) in [4.78, 5) is 17.3. The highest BCUT2D eigenvalue weighted by atomic mass is 79.9. The van der Waals surface area contributed by atoms with Crippen LogP contribution in [-0.2, 0) is 11.4 Å². The molecule has 0 saturated carbocycles. The Balaban J connectivity index is 1.53. The van der Waals surface area contributed by atoms with E-state index in [9.17, 15) is 9.18 Å². The van der Waals surface area contributed by atoms with E-state index in [1.807, 2.05) is 37.3 Å². The van der Waals surface area contributed by atoms with Crippen LogP contribution < -0.4 is 14.8 Å². The fraction of sp³-hybridized carbons (Fsp3) is 0.120. The van der Waals surface area contributed by atoms with Crippen molar-refractivity contribution in [2.75, 3.05) is 7.11 Å². The van der Waals surface area contributed by atoms with Crippen LogP contribution in [0, 0.1) is 12.7 Å². The number of carbonyl (C=O) groups excluding carboxylic acids is 1. The summed E-state index contributed by atoms with van der Waals surface area (Å²) in [6, 6.07) is 17.5. The fourth-order valence-corrected chi connectivity index (χ4v) is 4.60. The van der Waals surface area contributed by atoms with Gasteiger partial charge in [-0.2, -0.15) is 0 Å². The molecule has 4 rings (SSSR count). The van der Waals surface area contributed by atoms with Crippen molar-refractivity contribution in [2.45, 2.75) is 13.5 Å². The van der Waals surface area contributed by atoms with Crippen molar-refractivity contribution in [1.82, 2.24) is 5.32 Å². The summed E-state index contributed by atoms with van der Waals surface area (Å²) in [5.41, 5.74) is 3.54. The molecule has 1 heterocycles. The molecule has 3 aromatic rings. The van der Waals surface area contributed by atoms with Gasteiger partial charge in [-0.1, -0.05) is 29.8 Å². The summed E-state index contributed by atoms with van der Waals surface area (Å²) in [7, 11) is 1.57. The lowest BCUT2D eigenvalue weighted by molar-refractivity contribution is -0.115. The van der Waals surface area contributed by atoms with Gasteiger partial charge in [0.15, 0.2) is 16.7 Å². The Hall–Kier alpha value is -3.10. The molecule has 5 nitrogen and oxygen atoms in total. The van der Waals surface area contributed by atoms with Crippen LogP contribution in [0.25, 0.3) is 6.08 Å². The maximum atomic E-state index is 13.1.